The van der Waals surface area contributed by atoms with Gasteiger partial charge in [-0.25, -0.2) is 0 Å². The number of carbonyl (C=O) groups excluding carboxylic acids is 1. The predicted molar refractivity (Wildman–Crippen MR) is 107 cm³/mol. The molecular weight excluding hydrogens is 414 g/mol. The second kappa shape index (κ2) is 8.25. The molecule has 0 fully saturated rings. The van der Waals surface area contributed by atoms with Crippen LogP contribution in [0.5, 0.6) is 11.5 Å². The number of nitrogens with zero attached hydrogens (tertiary/aromatic N) is 1. The lowest BCUT2D eigenvalue weighted by Gasteiger charge is -2.28. The molecule has 1 N–H and O–H groups in total. The molecule has 1 unspecified atom stereocenters. The first-order valence-electron chi connectivity index (χ1n) is 8.92. The van der Waals surface area contributed by atoms with Crippen LogP contribution in [0.15, 0.2) is 41.3 Å². The minimum Gasteiger partial charge on any atom is -0.486 e. The summed E-state index contributed by atoms with van der Waals surface area (Å²) < 4.78 is 44.5. The first-order valence-corrected chi connectivity index (χ1v) is 10.4. The number of allylic oxidation sites excluding steroid dienone is 1. The third-order valence-electron chi connectivity index (χ3n) is 4.47. The molecule has 2 aromatic rings. The molecular formula is C20H19NO8S. The van der Waals surface area contributed by atoms with E-state index in [9.17, 15) is 27.9 Å². The minimum atomic E-state index is -4.44. The zero-order chi connectivity index (χ0) is 22.1. The summed E-state index contributed by atoms with van der Waals surface area (Å²) in [6.07, 6.45) is 1.88. The van der Waals surface area contributed by atoms with Crippen LogP contribution in [0, 0.1) is 17.0 Å². The van der Waals surface area contributed by atoms with Crippen LogP contribution in [0.25, 0.3) is 6.08 Å². The molecule has 1 aliphatic heterocycles. The van der Waals surface area contributed by atoms with Gasteiger partial charge in [0.05, 0.1) is 15.4 Å². The number of ketones is 1. The predicted octanol–water partition coefficient (Wildman–Crippen LogP) is 3.13. The molecule has 0 spiro atoms. The topological polar surface area (TPSA) is 133 Å². The van der Waals surface area contributed by atoms with E-state index in [2.05, 4.69) is 0 Å². The van der Waals surface area contributed by atoms with E-state index in [1.165, 1.54) is 37.3 Å². The summed E-state index contributed by atoms with van der Waals surface area (Å²) in [7, 11) is -4.44. The van der Waals surface area contributed by atoms with Crippen molar-refractivity contribution >= 4 is 27.7 Å². The van der Waals surface area contributed by atoms with Gasteiger partial charge in [-0.15, -0.1) is 0 Å². The normalized spacial score (nSPS) is 15.9. The molecule has 0 saturated heterocycles. The number of aryl methyl sites for hydroxylation is 1. The summed E-state index contributed by atoms with van der Waals surface area (Å²) in [5.41, 5.74) is 0.942. The Morgan fingerprint density at radius 3 is 2.70 bits per heavy atom. The smallest absolute Gasteiger partial charge is 0.294 e. The Kier molecular flexibility index (Phi) is 5.90. The highest BCUT2D eigenvalue weighted by Gasteiger charge is 2.29. The van der Waals surface area contributed by atoms with E-state index in [1.807, 2.05) is 0 Å². The van der Waals surface area contributed by atoms with Crippen molar-refractivity contribution in [2.45, 2.75) is 31.3 Å². The molecule has 1 heterocycles. The molecule has 0 amide bonds. The fourth-order valence-electron chi connectivity index (χ4n) is 3.17. The Morgan fingerprint density at radius 1 is 1.33 bits per heavy atom. The van der Waals surface area contributed by atoms with E-state index >= 15 is 0 Å². The highest BCUT2D eigenvalue weighted by molar-refractivity contribution is 7.85. The van der Waals surface area contributed by atoms with E-state index in [0.29, 0.717) is 5.56 Å². The van der Waals surface area contributed by atoms with Crippen molar-refractivity contribution in [2.24, 2.45) is 0 Å². The van der Waals surface area contributed by atoms with Gasteiger partial charge in [-0.3, -0.25) is 19.5 Å². The second-order valence-corrected chi connectivity index (χ2v) is 8.26. The van der Waals surface area contributed by atoms with Gasteiger partial charge < -0.3 is 9.47 Å². The highest BCUT2D eigenvalue weighted by Crippen LogP contribution is 2.41. The Labute approximate surface area is 172 Å². The Hall–Kier alpha value is -3.24. The lowest BCUT2D eigenvalue weighted by atomic mass is 10.0. The number of nitro benzene ring substituents is 1. The molecule has 158 valence electrons. The van der Waals surface area contributed by atoms with Crippen molar-refractivity contribution < 1.29 is 32.2 Å². The van der Waals surface area contributed by atoms with Crippen molar-refractivity contribution in [1.82, 2.24) is 0 Å². The van der Waals surface area contributed by atoms with Crippen LogP contribution in [0.2, 0.25) is 0 Å². The van der Waals surface area contributed by atoms with Crippen molar-refractivity contribution in [3.8, 4) is 11.5 Å². The van der Waals surface area contributed by atoms with Crippen molar-refractivity contribution in [2.75, 3.05) is 6.61 Å². The largest absolute Gasteiger partial charge is 0.486 e. The molecule has 10 heteroatoms. The van der Waals surface area contributed by atoms with Gasteiger partial charge in [0.1, 0.15) is 12.7 Å². The summed E-state index contributed by atoms with van der Waals surface area (Å²) in [6.45, 7) is 3.16. The minimum absolute atomic E-state index is 0.0690. The molecule has 1 atom stereocenters. The van der Waals surface area contributed by atoms with Gasteiger partial charge in [0, 0.05) is 12.5 Å². The number of benzene rings is 2. The summed E-state index contributed by atoms with van der Waals surface area (Å²) >= 11 is 0. The fraction of sp³-hybridized carbons (Fsp3) is 0.250. The van der Waals surface area contributed by atoms with Crippen LogP contribution in [0.1, 0.15) is 23.6 Å². The first kappa shape index (κ1) is 21.5. The average molecular weight is 433 g/mol. The number of hydrogen-bond acceptors (Lipinski definition) is 7. The lowest BCUT2D eigenvalue weighted by Crippen LogP contribution is -2.32. The molecule has 9 nitrogen and oxygen atoms in total. The Morgan fingerprint density at radius 2 is 2.07 bits per heavy atom. The number of rotatable bonds is 6. The SMILES string of the molecule is CC(=O)C=Cc1c([N+](=O)[O-])ccc2c1OC(Cc1cc(C)ccc1S(=O)(=O)O)CO2. The standard InChI is InChI=1S/C20H19NO8S/c1-12-3-8-19(30(25,26)27)14(9-12)10-15-11-28-18-7-6-17(21(23)24)16(20(18)29-15)5-4-13(2)22/h3-9,15H,10-11H2,1-2H3,(H,25,26,27). The van der Waals surface area contributed by atoms with Crippen LogP contribution in [-0.2, 0) is 21.3 Å². The van der Waals surface area contributed by atoms with Gasteiger partial charge in [0.2, 0.25) is 0 Å². The van der Waals surface area contributed by atoms with Crippen molar-refractivity contribution in [3.05, 3.63) is 63.2 Å². The van der Waals surface area contributed by atoms with Gasteiger partial charge in [-0.05, 0) is 43.7 Å². The molecule has 0 radical (unpaired) electrons. The summed E-state index contributed by atoms with van der Waals surface area (Å²) in [5.74, 6) is 0.0750. The third-order valence-corrected chi connectivity index (χ3v) is 5.42. The molecule has 2 aromatic carbocycles. The molecule has 1 aliphatic rings. The van der Waals surface area contributed by atoms with Crippen LogP contribution in [-0.4, -0.2) is 36.4 Å². The maximum absolute atomic E-state index is 11.7. The molecule has 0 aromatic heterocycles. The number of ether oxygens (including phenoxy) is 2. The van der Waals surface area contributed by atoms with E-state index < -0.39 is 21.1 Å². The second-order valence-electron chi connectivity index (χ2n) is 6.87. The maximum Gasteiger partial charge on any atom is 0.294 e. The number of fused-ring (bicyclic) bond motifs is 1. The lowest BCUT2D eigenvalue weighted by molar-refractivity contribution is -0.385. The number of carbonyl (C=O) groups is 1. The third kappa shape index (κ3) is 4.66. The van der Waals surface area contributed by atoms with E-state index in [-0.39, 0.29) is 46.5 Å². The Bertz CT molecular complexity index is 1150. The van der Waals surface area contributed by atoms with Gasteiger partial charge in [-0.2, -0.15) is 8.42 Å². The monoisotopic (exact) mass is 433 g/mol. The van der Waals surface area contributed by atoms with Gasteiger partial charge in [0.25, 0.3) is 15.8 Å². The van der Waals surface area contributed by atoms with Crippen LogP contribution in [0.4, 0.5) is 5.69 Å². The fourth-order valence-corrected chi connectivity index (χ4v) is 3.89. The maximum atomic E-state index is 11.7. The molecule has 0 aliphatic carbocycles. The van der Waals surface area contributed by atoms with E-state index in [1.54, 1.807) is 19.1 Å². The zero-order valence-corrected chi connectivity index (χ0v) is 17.0. The van der Waals surface area contributed by atoms with Crippen LogP contribution >= 0.6 is 0 Å². The van der Waals surface area contributed by atoms with Crippen LogP contribution < -0.4 is 9.47 Å². The Balaban J connectivity index is 2.00. The molecule has 3 rings (SSSR count). The summed E-state index contributed by atoms with van der Waals surface area (Å²) in [4.78, 5) is 21.9. The quantitative estimate of drug-likeness (QED) is 0.318. The van der Waals surface area contributed by atoms with Crippen molar-refractivity contribution in [1.29, 1.82) is 0 Å². The average Bonchev–Trinajstić information content (AvgIpc) is 2.64. The number of nitro groups is 1. The zero-order valence-electron chi connectivity index (χ0n) is 16.2. The van der Waals surface area contributed by atoms with Crippen molar-refractivity contribution in [3.63, 3.8) is 0 Å². The first-order chi connectivity index (χ1) is 14.1. The van der Waals surface area contributed by atoms with E-state index in [0.717, 1.165) is 5.56 Å². The number of hydrogen-bond donors (Lipinski definition) is 1. The molecule has 30 heavy (non-hydrogen) atoms. The molecule has 0 bridgehead atoms. The highest BCUT2D eigenvalue weighted by atomic mass is 32.2. The summed E-state index contributed by atoms with van der Waals surface area (Å²) in [6, 6.07) is 7.16. The van der Waals surface area contributed by atoms with Gasteiger partial charge in [-0.1, -0.05) is 17.7 Å². The van der Waals surface area contributed by atoms with E-state index in [4.69, 9.17) is 9.47 Å². The summed E-state index contributed by atoms with van der Waals surface area (Å²) in [5, 5.41) is 11.4. The van der Waals surface area contributed by atoms with Crippen LogP contribution in [0.3, 0.4) is 0 Å². The van der Waals surface area contributed by atoms with Gasteiger partial charge in [0.15, 0.2) is 17.3 Å². The molecule has 0 saturated carbocycles. The van der Waals surface area contributed by atoms with Gasteiger partial charge >= 0.3 is 0 Å².